The van der Waals surface area contributed by atoms with Gasteiger partial charge in [0.1, 0.15) is 17.5 Å². The molecule has 0 radical (unpaired) electrons. The zero-order chi connectivity index (χ0) is 26.2. The van der Waals surface area contributed by atoms with Crippen LogP contribution in [0.3, 0.4) is 0 Å². The van der Waals surface area contributed by atoms with Crippen LogP contribution in [0, 0.1) is 11.3 Å². The second-order valence-electron chi connectivity index (χ2n) is 10.6. The van der Waals surface area contributed by atoms with Crippen molar-refractivity contribution in [3.8, 4) is 6.07 Å². The van der Waals surface area contributed by atoms with E-state index in [4.69, 9.17) is 0 Å². The molecule has 0 spiro atoms. The predicted molar refractivity (Wildman–Crippen MR) is 147 cm³/mol. The molecule has 0 fully saturated rings. The Kier molecular flexibility index (Phi) is 6.60. The molecule has 1 aliphatic carbocycles. The standard InChI is InChI=1S/C27H32N8OS/c1-27-11-6-5-8-18-12-21(13-19(24(18)27)16-35(2)17-27)30-26-29-15-20(14-28)25(33-26)32-22-9-7-10-23(31-22)34-37(3,4)36/h7,9-10,12-13,15H,5-6,8,11,16-17H2,1-4H3,(H2,29,30,31,32,33). The van der Waals surface area contributed by atoms with Crippen LogP contribution < -0.4 is 10.6 Å². The molecule has 2 aliphatic rings. The summed E-state index contributed by atoms with van der Waals surface area (Å²) < 4.78 is 16.2. The predicted octanol–water partition coefficient (Wildman–Crippen LogP) is 5.02. The van der Waals surface area contributed by atoms with E-state index in [0.717, 1.165) is 25.2 Å². The van der Waals surface area contributed by atoms with E-state index in [9.17, 15) is 9.47 Å². The molecule has 10 heteroatoms. The van der Waals surface area contributed by atoms with Crippen molar-refractivity contribution in [2.45, 2.75) is 44.6 Å². The number of rotatable bonds is 5. The van der Waals surface area contributed by atoms with E-state index in [2.05, 4.69) is 67.0 Å². The summed E-state index contributed by atoms with van der Waals surface area (Å²) in [4.78, 5) is 15.8. The number of aryl methyl sites for hydroxylation is 1. The zero-order valence-corrected chi connectivity index (χ0v) is 22.5. The third kappa shape index (κ3) is 5.58. The third-order valence-electron chi connectivity index (χ3n) is 6.85. The number of anilines is 4. The summed E-state index contributed by atoms with van der Waals surface area (Å²) in [6.07, 6.45) is 9.33. The molecule has 0 saturated carbocycles. The summed E-state index contributed by atoms with van der Waals surface area (Å²) >= 11 is 0. The number of nitrogens with one attached hydrogen (secondary N) is 2. The number of pyridine rings is 1. The Morgan fingerprint density at radius 2 is 1.97 bits per heavy atom. The number of nitrogens with zero attached hydrogens (tertiary/aromatic N) is 6. The number of aromatic nitrogens is 3. The van der Waals surface area contributed by atoms with Gasteiger partial charge in [-0.2, -0.15) is 14.6 Å². The second-order valence-corrected chi connectivity index (χ2v) is 13.1. The van der Waals surface area contributed by atoms with Gasteiger partial charge in [-0.1, -0.05) is 19.4 Å². The van der Waals surface area contributed by atoms with Gasteiger partial charge in [-0.05, 0) is 67.3 Å². The lowest BCUT2D eigenvalue weighted by Crippen LogP contribution is -2.42. The van der Waals surface area contributed by atoms with Crippen molar-refractivity contribution in [1.82, 2.24) is 19.9 Å². The molecular formula is C27H32N8OS. The minimum absolute atomic E-state index is 0.186. The van der Waals surface area contributed by atoms with Crippen molar-refractivity contribution in [2.24, 2.45) is 4.36 Å². The van der Waals surface area contributed by atoms with Crippen LogP contribution in [0.15, 0.2) is 40.9 Å². The fourth-order valence-electron chi connectivity index (χ4n) is 5.63. The van der Waals surface area contributed by atoms with Gasteiger partial charge in [0.05, 0.1) is 6.20 Å². The molecule has 3 heterocycles. The van der Waals surface area contributed by atoms with Gasteiger partial charge in [0, 0.05) is 46.4 Å². The SMILES string of the molecule is CN1Cc2cc(Nc3ncc(C#N)c(Nc4cccc(N=S(C)(C)=O)n4)n3)cc3c2C(C)(CCCC3)C1. The van der Waals surface area contributed by atoms with E-state index in [0.29, 0.717) is 29.0 Å². The maximum atomic E-state index is 12.1. The van der Waals surface area contributed by atoms with Crippen LogP contribution in [-0.2, 0) is 28.1 Å². The molecular weight excluding hydrogens is 484 g/mol. The summed E-state index contributed by atoms with van der Waals surface area (Å²) in [5, 5.41) is 16.1. The molecule has 0 amide bonds. The molecule has 5 rings (SSSR count). The molecule has 37 heavy (non-hydrogen) atoms. The van der Waals surface area contributed by atoms with Crippen molar-refractivity contribution in [1.29, 1.82) is 5.26 Å². The van der Waals surface area contributed by atoms with Crippen LogP contribution in [-0.4, -0.2) is 50.2 Å². The first kappa shape index (κ1) is 25.1. The lowest BCUT2D eigenvalue weighted by molar-refractivity contribution is 0.213. The number of likely N-dealkylation sites (N-methyl/N-ethyl adjacent to an activating group) is 1. The maximum absolute atomic E-state index is 12.1. The maximum Gasteiger partial charge on any atom is 0.229 e. The number of hydrogen-bond donors (Lipinski definition) is 2. The van der Waals surface area contributed by atoms with Crippen molar-refractivity contribution in [2.75, 3.05) is 36.7 Å². The Hall–Kier alpha value is -3.55. The van der Waals surface area contributed by atoms with Gasteiger partial charge in [0.25, 0.3) is 0 Å². The van der Waals surface area contributed by atoms with Crippen molar-refractivity contribution in [3.05, 3.63) is 58.8 Å². The molecule has 9 nitrogen and oxygen atoms in total. The lowest BCUT2D eigenvalue weighted by atomic mass is 9.73. The fourth-order valence-corrected chi connectivity index (χ4v) is 6.18. The minimum Gasteiger partial charge on any atom is -0.324 e. The first-order valence-corrected chi connectivity index (χ1v) is 14.8. The molecule has 1 aromatic carbocycles. The van der Waals surface area contributed by atoms with Crippen molar-refractivity contribution < 1.29 is 4.21 Å². The molecule has 1 unspecified atom stereocenters. The molecule has 2 aromatic heterocycles. The minimum atomic E-state index is -2.35. The Labute approximate surface area is 218 Å². The van der Waals surface area contributed by atoms with Crippen molar-refractivity contribution >= 4 is 38.8 Å². The Bertz CT molecular complexity index is 1510. The summed E-state index contributed by atoms with van der Waals surface area (Å²) in [6.45, 7) is 4.41. The highest BCUT2D eigenvalue weighted by Gasteiger charge is 2.37. The van der Waals surface area contributed by atoms with Gasteiger partial charge < -0.3 is 15.5 Å². The van der Waals surface area contributed by atoms with Gasteiger partial charge in [0.15, 0.2) is 11.6 Å². The van der Waals surface area contributed by atoms with Gasteiger partial charge in [-0.3, -0.25) is 0 Å². The normalized spacial score (nSPS) is 19.3. The van der Waals surface area contributed by atoms with E-state index in [-0.39, 0.29) is 5.41 Å². The average molecular weight is 517 g/mol. The fraction of sp³-hybridized carbons (Fsp3) is 0.407. The quantitative estimate of drug-likeness (QED) is 0.485. The van der Waals surface area contributed by atoms with Crippen LogP contribution >= 0.6 is 0 Å². The highest BCUT2D eigenvalue weighted by Crippen LogP contribution is 2.43. The van der Waals surface area contributed by atoms with Gasteiger partial charge in [-0.15, -0.1) is 0 Å². The summed E-state index contributed by atoms with van der Waals surface area (Å²) in [6, 6.07) is 11.8. The Balaban J connectivity index is 1.46. The number of nitriles is 1. The van der Waals surface area contributed by atoms with Gasteiger partial charge in [0.2, 0.25) is 5.95 Å². The van der Waals surface area contributed by atoms with E-state index >= 15 is 0 Å². The van der Waals surface area contributed by atoms with Crippen LogP contribution in [0.5, 0.6) is 0 Å². The molecule has 192 valence electrons. The van der Waals surface area contributed by atoms with Crippen LogP contribution in [0.1, 0.15) is 48.4 Å². The summed E-state index contributed by atoms with van der Waals surface area (Å²) in [5.74, 6) is 1.52. The number of benzene rings is 1. The first-order valence-electron chi connectivity index (χ1n) is 12.4. The third-order valence-corrected chi connectivity index (χ3v) is 7.48. The lowest BCUT2D eigenvalue weighted by Gasteiger charge is -2.41. The highest BCUT2D eigenvalue weighted by atomic mass is 32.2. The summed E-state index contributed by atoms with van der Waals surface area (Å²) in [7, 11) is -0.158. The largest absolute Gasteiger partial charge is 0.324 e. The van der Waals surface area contributed by atoms with Gasteiger partial charge in [-0.25, -0.2) is 14.2 Å². The summed E-state index contributed by atoms with van der Waals surface area (Å²) in [5.41, 5.74) is 5.72. The van der Waals surface area contributed by atoms with E-state index < -0.39 is 9.73 Å². The average Bonchev–Trinajstić information content (AvgIpc) is 2.97. The van der Waals surface area contributed by atoms with E-state index in [1.54, 1.807) is 30.7 Å². The first-order chi connectivity index (χ1) is 17.6. The van der Waals surface area contributed by atoms with E-state index in [1.165, 1.54) is 42.1 Å². The van der Waals surface area contributed by atoms with Crippen molar-refractivity contribution in [3.63, 3.8) is 0 Å². The molecule has 0 bridgehead atoms. The van der Waals surface area contributed by atoms with E-state index in [1.807, 2.05) is 0 Å². The Morgan fingerprint density at radius 1 is 1.16 bits per heavy atom. The molecule has 2 N–H and O–H groups in total. The molecule has 1 aliphatic heterocycles. The molecule has 0 saturated heterocycles. The monoisotopic (exact) mass is 516 g/mol. The molecule has 3 aromatic rings. The smallest absolute Gasteiger partial charge is 0.229 e. The zero-order valence-electron chi connectivity index (χ0n) is 21.7. The highest BCUT2D eigenvalue weighted by molar-refractivity contribution is 7.92. The number of hydrogen-bond acceptors (Lipinski definition) is 9. The topological polar surface area (TPSA) is 119 Å². The Morgan fingerprint density at radius 3 is 2.76 bits per heavy atom. The van der Waals surface area contributed by atoms with Crippen LogP contribution in [0.25, 0.3) is 0 Å². The van der Waals surface area contributed by atoms with Crippen LogP contribution in [0.4, 0.5) is 29.1 Å². The molecule has 1 atom stereocenters. The van der Waals surface area contributed by atoms with Crippen LogP contribution in [0.2, 0.25) is 0 Å². The van der Waals surface area contributed by atoms with Gasteiger partial charge >= 0.3 is 0 Å². The second kappa shape index (κ2) is 9.72.